The van der Waals surface area contributed by atoms with E-state index in [0.717, 1.165) is 6.07 Å². The van der Waals surface area contributed by atoms with Gasteiger partial charge in [-0.3, -0.25) is 0 Å². The van der Waals surface area contributed by atoms with Crippen LogP contribution in [0.2, 0.25) is 0 Å². The minimum atomic E-state index is -0.856. The average Bonchev–Trinajstić information content (AvgIpc) is 2.97. The van der Waals surface area contributed by atoms with Crippen molar-refractivity contribution in [3.63, 3.8) is 0 Å². The molecule has 9 heteroatoms. The van der Waals surface area contributed by atoms with Gasteiger partial charge in [-0.15, -0.1) is 0 Å². The highest BCUT2D eigenvalue weighted by atomic mass is 19.1. The molecule has 0 heterocycles. The van der Waals surface area contributed by atoms with Crippen LogP contribution in [-0.2, 0) is 19.2 Å². The monoisotopic (exact) mass is 610 g/mol. The highest BCUT2D eigenvalue weighted by Gasteiger charge is 2.18. The molecule has 0 aliphatic rings. The van der Waals surface area contributed by atoms with Gasteiger partial charge >= 0.3 is 23.9 Å². The summed E-state index contributed by atoms with van der Waals surface area (Å²) in [5.74, 6) is -3.95. The van der Waals surface area contributed by atoms with Crippen molar-refractivity contribution in [2.24, 2.45) is 0 Å². The molecule has 0 aromatic heterocycles. The number of ether oxygens (including phenoxy) is 4. The van der Waals surface area contributed by atoms with Gasteiger partial charge in [0.25, 0.3) is 0 Å². The Morgan fingerprint density at radius 1 is 0.556 bits per heavy atom. The molecule has 0 unspecified atom stereocenters. The standard InChI is InChI=1S/C36H31FO8/c1-20(2)33(38)42-28-16-27(17-29(18-28)43-34(39)21(3)4)25-12-9-24(10-13-25)11-14-26-15-30(44-35(40)22(5)6)19-31(32(26)37)45-36(41)23(7)8/h9-19H,1,3,5,7H2,2,4,6,8H3/b14-11+. The number of benzene rings is 3. The number of carbonyl (C=O) groups excluding carboxylic acids is 4. The van der Waals surface area contributed by atoms with Gasteiger partial charge in [0.1, 0.15) is 17.2 Å². The zero-order valence-corrected chi connectivity index (χ0v) is 25.3. The third-order valence-electron chi connectivity index (χ3n) is 5.85. The summed E-state index contributed by atoms with van der Waals surface area (Å²) in [6, 6.07) is 14.0. The van der Waals surface area contributed by atoms with E-state index in [1.165, 1.54) is 45.9 Å². The van der Waals surface area contributed by atoms with E-state index in [4.69, 9.17) is 18.9 Å². The normalized spacial score (nSPS) is 10.5. The van der Waals surface area contributed by atoms with E-state index in [1.807, 2.05) is 0 Å². The highest BCUT2D eigenvalue weighted by Crippen LogP contribution is 2.32. The minimum Gasteiger partial charge on any atom is -0.423 e. The molecule has 8 nitrogen and oxygen atoms in total. The fourth-order valence-corrected chi connectivity index (χ4v) is 3.45. The summed E-state index contributed by atoms with van der Waals surface area (Å²) in [4.78, 5) is 48.4. The molecule has 0 spiro atoms. The van der Waals surface area contributed by atoms with Gasteiger partial charge in [0.05, 0.1) is 0 Å². The third kappa shape index (κ3) is 9.33. The molecule has 0 bridgehead atoms. The Morgan fingerprint density at radius 2 is 0.978 bits per heavy atom. The van der Waals surface area contributed by atoms with E-state index >= 15 is 4.39 Å². The van der Waals surface area contributed by atoms with Gasteiger partial charge in [-0.25, -0.2) is 23.6 Å². The second-order valence-electron chi connectivity index (χ2n) is 10.2. The molecule has 0 aliphatic carbocycles. The molecule has 45 heavy (non-hydrogen) atoms. The summed E-state index contributed by atoms with van der Waals surface area (Å²) in [6.07, 6.45) is 3.02. The number of hydrogen-bond acceptors (Lipinski definition) is 8. The zero-order chi connectivity index (χ0) is 33.4. The third-order valence-corrected chi connectivity index (χ3v) is 5.85. The van der Waals surface area contributed by atoms with E-state index < -0.39 is 35.4 Å². The number of rotatable bonds is 11. The molecule has 0 radical (unpaired) electrons. The molecule has 0 saturated heterocycles. The van der Waals surface area contributed by atoms with Crippen LogP contribution in [-0.4, -0.2) is 23.9 Å². The Hall–Kier alpha value is -5.83. The number of carbonyl (C=O) groups is 4. The van der Waals surface area contributed by atoms with E-state index in [2.05, 4.69) is 26.3 Å². The Bertz CT molecular complexity index is 1730. The predicted octanol–water partition coefficient (Wildman–Crippen LogP) is 7.59. The maximum Gasteiger partial charge on any atom is 0.338 e. The molecule has 0 amide bonds. The van der Waals surface area contributed by atoms with Crippen molar-refractivity contribution in [2.75, 3.05) is 0 Å². The van der Waals surface area contributed by atoms with Crippen LogP contribution in [0.25, 0.3) is 23.3 Å². The van der Waals surface area contributed by atoms with Crippen LogP contribution in [0.4, 0.5) is 4.39 Å². The van der Waals surface area contributed by atoms with Crippen LogP contribution in [0.5, 0.6) is 23.0 Å². The second kappa shape index (κ2) is 14.6. The number of esters is 4. The summed E-state index contributed by atoms with van der Waals surface area (Å²) in [5.41, 5.74) is 2.44. The molecular formula is C36H31FO8. The van der Waals surface area contributed by atoms with Crippen LogP contribution in [0, 0.1) is 5.82 Å². The predicted molar refractivity (Wildman–Crippen MR) is 169 cm³/mol. The molecule has 0 aliphatic heterocycles. The van der Waals surface area contributed by atoms with Gasteiger partial charge in [0.2, 0.25) is 0 Å². The van der Waals surface area contributed by atoms with Gasteiger partial charge in [-0.2, -0.15) is 0 Å². The van der Waals surface area contributed by atoms with Gasteiger partial charge in [0, 0.05) is 40.0 Å². The zero-order valence-electron chi connectivity index (χ0n) is 25.3. The Labute approximate surface area is 260 Å². The molecule has 0 saturated carbocycles. The van der Waals surface area contributed by atoms with E-state index in [0.29, 0.717) is 16.7 Å². The second-order valence-corrected chi connectivity index (χ2v) is 10.2. The first-order valence-corrected chi connectivity index (χ1v) is 13.4. The first-order valence-electron chi connectivity index (χ1n) is 13.4. The van der Waals surface area contributed by atoms with E-state index in [1.54, 1.807) is 42.5 Å². The molecule has 3 aromatic carbocycles. The van der Waals surface area contributed by atoms with Crippen molar-refractivity contribution in [3.8, 4) is 34.1 Å². The van der Waals surface area contributed by atoms with Crippen LogP contribution in [0.15, 0.2) is 103 Å². The van der Waals surface area contributed by atoms with E-state index in [-0.39, 0.29) is 45.1 Å². The van der Waals surface area contributed by atoms with Gasteiger partial charge < -0.3 is 18.9 Å². The summed E-state index contributed by atoms with van der Waals surface area (Å²) in [5, 5.41) is 0. The van der Waals surface area contributed by atoms with Crippen molar-refractivity contribution >= 4 is 36.0 Å². The molecule has 0 atom stereocenters. The molecule has 3 rings (SSSR count). The Morgan fingerprint density at radius 3 is 1.42 bits per heavy atom. The first kappa shape index (κ1) is 33.7. The fourth-order valence-electron chi connectivity index (χ4n) is 3.45. The van der Waals surface area contributed by atoms with Crippen molar-refractivity contribution in [2.45, 2.75) is 27.7 Å². The molecular weight excluding hydrogens is 579 g/mol. The molecule has 0 N–H and O–H groups in total. The Balaban J connectivity index is 1.96. The van der Waals surface area contributed by atoms with Crippen LogP contribution in [0.1, 0.15) is 38.8 Å². The lowest BCUT2D eigenvalue weighted by atomic mass is 10.0. The minimum absolute atomic E-state index is 0.0217. The first-order chi connectivity index (χ1) is 21.1. The SMILES string of the molecule is C=C(C)C(=O)Oc1cc(OC(=O)C(=C)C)cc(-c2ccc(/C=C/c3cc(OC(=O)C(=C)C)cc(OC(=O)C(=C)C)c3F)cc2)c1. The van der Waals surface area contributed by atoms with Gasteiger partial charge in [-0.05, 0) is 62.6 Å². The smallest absolute Gasteiger partial charge is 0.338 e. The van der Waals surface area contributed by atoms with Crippen LogP contribution in [0.3, 0.4) is 0 Å². The largest absolute Gasteiger partial charge is 0.423 e. The summed E-state index contributed by atoms with van der Waals surface area (Å²) < 4.78 is 36.4. The lowest BCUT2D eigenvalue weighted by molar-refractivity contribution is -0.131. The molecule has 0 fully saturated rings. The quantitative estimate of drug-likeness (QED) is 0.0947. The molecule has 230 valence electrons. The van der Waals surface area contributed by atoms with Crippen molar-refractivity contribution in [1.29, 1.82) is 0 Å². The molecule has 3 aromatic rings. The maximum absolute atomic E-state index is 15.3. The topological polar surface area (TPSA) is 105 Å². The lowest BCUT2D eigenvalue weighted by Crippen LogP contribution is -2.12. The van der Waals surface area contributed by atoms with Crippen molar-refractivity contribution in [1.82, 2.24) is 0 Å². The summed E-state index contributed by atoms with van der Waals surface area (Å²) in [7, 11) is 0. The fraction of sp³-hybridized carbons (Fsp3) is 0.111. The average molecular weight is 611 g/mol. The highest BCUT2D eigenvalue weighted by molar-refractivity contribution is 5.91. The number of halogens is 1. The van der Waals surface area contributed by atoms with Crippen molar-refractivity contribution in [3.05, 3.63) is 120 Å². The summed E-state index contributed by atoms with van der Waals surface area (Å²) in [6.45, 7) is 20.1. The van der Waals surface area contributed by atoms with Gasteiger partial charge in [0.15, 0.2) is 11.6 Å². The van der Waals surface area contributed by atoms with Gasteiger partial charge in [-0.1, -0.05) is 62.7 Å². The summed E-state index contributed by atoms with van der Waals surface area (Å²) >= 11 is 0. The van der Waals surface area contributed by atoms with Crippen molar-refractivity contribution < 1.29 is 42.5 Å². The maximum atomic E-state index is 15.3. The van der Waals surface area contributed by atoms with E-state index in [9.17, 15) is 19.2 Å². The van der Waals surface area contributed by atoms with Crippen LogP contribution >= 0.6 is 0 Å². The van der Waals surface area contributed by atoms with Crippen LogP contribution < -0.4 is 18.9 Å². The lowest BCUT2D eigenvalue weighted by Gasteiger charge is -2.12. The Kier molecular flexibility index (Phi) is 10.9. The number of hydrogen-bond donors (Lipinski definition) is 0.